The Bertz CT molecular complexity index is 1090. The molecule has 0 bridgehead atoms. The Labute approximate surface area is 165 Å². The zero-order chi connectivity index (χ0) is 20.4. The zero-order valence-electron chi connectivity index (χ0n) is 15.6. The van der Waals surface area contributed by atoms with Crippen molar-refractivity contribution in [2.75, 3.05) is 6.54 Å². The van der Waals surface area contributed by atoms with Crippen molar-refractivity contribution >= 4 is 5.91 Å². The molecule has 4 rings (SSSR count). The normalized spacial score (nSPS) is 14.2. The van der Waals surface area contributed by atoms with Gasteiger partial charge in [-0.2, -0.15) is 0 Å². The molecule has 29 heavy (non-hydrogen) atoms. The highest BCUT2D eigenvalue weighted by molar-refractivity contribution is 5.81. The molecule has 2 aromatic heterocycles. The van der Waals surface area contributed by atoms with Crippen molar-refractivity contribution in [2.45, 2.75) is 26.0 Å². The molecule has 1 N–H and O–H groups in total. The summed E-state index contributed by atoms with van der Waals surface area (Å²) in [5.74, 6) is 0.109. The Morgan fingerprint density at radius 1 is 1.28 bits per heavy atom. The fourth-order valence-corrected chi connectivity index (χ4v) is 3.20. The smallest absolute Gasteiger partial charge is 0.263 e. The third-order valence-electron chi connectivity index (χ3n) is 4.67. The first-order valence-corrected chi connectivity index (χ1v) is 9.11. The zero-order valence-corrected chi connectivity index (χ0v) is 15.6. The third-order valence-corrected chi connectivity index (χ3v) is 4.67. The maximum absolute atomic E-state index is 13.0. The average molecular weight is 395 g/mol. The monoisotopic (exact) mass is 395 g/mol. The number of hydrogen-bond donors (Lipinski definition) is 1. The van der Waals surface area contributed by atoms with Crippen LogP contribution in [0.5, 0.6) is 5.75 Å². The second-order valence-electron chi connectivity index (χ2n) is 6.65. The number of carbonyl (C=O) groups excluding carboxylic acids is 1. The van der Waals surface area contributed by atoms with E-state index in [-0.39, 0.29) is 23.8 Å². The first-order valence-electron chi connectivity index (χ1n) is 9.11. The Balaban J connectivity index is 1.52. The summed E-state index contributed by atoms with van der Waals surface area (Å²) in [5.41, 5.74) is 1.30. The van der Waals surface area contributed by atoms with E-state index in [4.69, 9.17) is 4.74 Å². The molecule has 1 unspecified atom stereocenters. The summed E-state index contributed by atoms with van der Waals surface area (Å²) in [6, 6.07) is 5.49. The molecule has 0 radical (unpaired) electrons. The van der Waals surface area contributed by atoms with Crippen molar-refractivity contribution in [1.29, 1.82) is 0 Å². The van der Waals surface area contributed by atoms with E-state index < -0.39 is 6.10 Å². The first-order chi connectivity index (χ1) is 14.0. The molecular formula is C20H18FN5O3. The van der Waals surface area contributed by atoms with Crippen molar-refractivity contribution in [1.82, 2.24) is 24.8 Å². The lowest BCUT2D eigenvalue weighted by atomic mass is 10.1. The van der Waals surface area contributed by atoms with Crippen molar-refractivity contribution in [3.05, 3.63) is 70.3 Å². The Kier molecular flexibility index (Phi) is 5.03. The number of amides is 1. The highest BCUT2D eigenvalue weighted by Gasteiger charge is 2.28. The molecule has 1 aliphatic rings. The lowest BCUT2D eigenvalue weighted by Crippen LogP contribution is -2.44. The molecule has 0 saturated carbocycles. The number of aromatic amines is 1. The second-order valence-corrected chi connectivity index (χ2v) is 6.65. The molecule has 1 amide bonds. The third kappa shape index (κ3) is 3.98. The molecule has 0 saturated heterocycles. The summed E-state index contributed by atoms with van der Waals surface area (Å²) in [5, 5.41) is 0. The van der Waals surface area contributed by atoms with Crippen LogP contribution in [0.2, 0.25) is 0 Å². The Morgan fingerprint density at radius 3 is 2.79 bits per heavy atom. The van der Waals surface area contributed by atoms with E-state index in [0.717, 1.165) is 0 Å². The molecule has 8 nitrogen and oxygen atoms in total. The summed E-state index contributed by atoms with van der Waals surface area (Å²) in [6.45, 7) is 2.22. The van der Waals surface area contributed by atoms with Gasteiger partial charge in [-0.25, -0.2) is 14.4 Å². The number of hydrogen-bond acceptors (Lipinski definition) is 6. The summed E-state index contributed by atoms with van der Waals surface area (Å²) in [6.07, 6.45) is 4.19. The predicted octanol–water partition coefficient (Wildman–Crippen LogP) is 1.72. The number of carbonyl (C=O) groups is 1. The standard InChI is InChI=1S/C20H18FN5O3/c1-12(29-14-4-2-13(21)3-5-14)20(28)26-9-6-15-17(11-26)24-18(25-19(15)27)16-10-22-7-8-23-16/h2-5,7-8,10,12H,6,9,11H2,1H3,(H,24,25,27). The number of nitrogens with one attached hydrogen (secondary N) is 1. The molecule has 9 heteroatoms. The van der Waals surface area contributed by atoms with Gasteiger partial charge in [0.1, 0.15) is 17.3 Å². The van der Waals surface area contributed by atoms with Gasteiger partial charge in [0.15, 0.2) is 11.9 Å². The number of nitrogens with zero attached hydrogens (tertiary/aromatic N) is 4. The van der Waals surface area contributed by atoms with E-state index in [0.29, 0.717) is 41.5 Å². The van der Waals surface area contributed by atoms with Crippen LogP contribution in [0.4, 0.5) is 4.39 Å². The predicted molar refractivity (Wildman–Crippen MR) is 101 cm³/mol. The summed E-state index contributed by atoms with van der Waals surface area (Å²) < 4.78 is 18.7. The van der Waals surface area contributed by atoms with E-state index in [1.54, 1.807) is 11.8 Å². The fourth-order valence-electron chi connectivity index (χ4n) is 3.20. The lowest BCUT2D eigenvalue weighted by molar-refractivity contribution is -0.139. The van der Waals surface area contributed by atoms with Crippen LogP contribution in [0.1, 0.15) is 18.2 Å². The molecule has 3 aromatic rings. The lowest BCUT2D eigenvalue weighted by Gasteiger charge is -2.30. The van der Waals surface area contributed by atoms with Gasteiger partial charge in [-0.3, -0.25) is 14.6 Å². The summed E-state index contributed by atoms with van der Waals surface area (Å²) in [7, 11) is 0. The molecule has 3 heterocycles. The van der Waals surface area contributed by atoms with Gasteiger partial charge in [0.2, 0.25) is 0 Å². The molecule has 1 aromatic carbocycles. The number of aromatic nitrogens is 4. The number of benzene rings is 1. The number of rotatable bonds is 4. The first kappa shape index (κ1) is 18.7. The van der Waals surface area contributed by atoms with Crippen LogP contribution in [-0.2, 0) is 17.8 Å². The van der Waals surface area contributed by atoms with Crippen molar-refractivity contribution < 1.29 is 13.9 Å². The van der Waals surface area contributed by atoms with E-state index >= 15 is 0 Å². The van der Waals surface area contributed by atoms with Gasteiger partial charge >= 0.3 is 0 Å². The van der Waals surface area contributed by atoms with E-state index in [9.17, 15) is 14.0 Å². The van der Waals surface area contributed by atoms with Crippen LogP contribution in [0.25, 0.3) is 11.5 Å². The van der Waals surface area contributed by atoms with Gasteiger partial charge in [0.05, 0.1) is 18.4 Å². The minimum atomic E-state index is -0.761. The van der Waals surface area contributed by atoms with Crippen LogP contribution in [0, 0.1) is 5.82 Å². The minimum Gasteiger partial charge on any atom is -0.481 e. The van der Waals surface area contributed by atoms with Gasteiger partial charge in [0.25, 0.3) is 11.5 Å². The van der Waals surface area contributed by atoms with Crippen molar-refractivity contribution in [2.24, 2.45) is 0 Å². The Hall–Kier alpha value is -3.62. The topological polar surface area (TPSA) is 101 Å². The van der Waals surface area contributed by atoms with E-state index in [1.807, 2.05) is 0 Å². The van der Waals surface area contributed by atoms with Gasteiger partial charge in [-0.1, -0.05) is 0 Å². The van der Waals surface area contributed by atoms with Gasteiger partial charge in [0, 0.05) is 24.5 Å². The van der Waals surface area contributed by atoms with E-state index in [2.05, 4.69) is 19.9 Å². The van der Waals surface area contributed by atoms with Gasteiger partial charge in [-0.05, 0) is 37.6 Å². The molecule has 148 valence electrons. The summed E-state index contributed by atoms with van der Waals surface area (Å²) in [4.78, 5) is 42.2. The molecule has 0 fully saturated rings. The number of halogens is 1. The van der Waals surface area contributed by atoms with Gasteiger partial charge in [-0.15, -0.1) is 0 Å². The van der Waals surface area contributed by atoms with Crippen LogP contribution >= 0.6 is 0 Å². The molecule has 0 aliphatic carbocycles. The molecular weight excluding hydrogens is 377 g/mol. The average Bonchev–Trinajstić information content (AvgIpc) is 2.75. The number of H-pyrrole nitrogens is 1. The number of ether oxygens (including phenoxy) is 1. The second kappa shape index (κ2) is 7.78. The van der Waals surface area contributed by atoms with E-state index in [1.165, 1.54) is 42.9 Å². The molecule has 1 atom stereocenters. The summed E-state index contributed by atoms with van der Waals surface area (Å²) >= 11 is 0. The largest absolute Gasteiger partial charge is 0.481 e. The maximum atomic E-state index is 13.0. The Morgan fingerprint density at radius 2 is 2.07 bits per heavy atom. The van der Waals surface area contributed by atoms with Crippen LogP contribution < -0.4 is 10.3 Å². The highest BCUT2D eigenvalue weighted by atomic mass is 19.1. The van der Waals surface area contributed by atoms with Crippen LogP contribution in [0.15, 0.2) is 47.7 Å². The van der Waals surface area contributed by atoms with Crippen molar-refractivity contribution in [3.8, 4) is 17.3 Å². The van der Waals surface area contributed by atoms with Gasteiger partial charge < -0.3 is 14.6 Å². The molecule has 0 spiro atoms. The van der Waals surface area contributed by atoms with Crippen LogP contribution in [-0.4, -0.2) is 43.4 Å². The highest BCUT2D eigenvalue weighted by Crippen LogP contribution is 2.19. The minimum absolute atomic E-state index is 0.197. The maximum Gasteiger partial charge on any atom is 0.263 e. The number of fused-ring (bicyclic) bond motifs is 1. The van der Waals surface area contributed by atoms with Crippen LogP contribution in [0.3, 0.4) is 0 Å². The fraction of sp³-hybridized carbons (Fsp3) is 0.250. The quantitative estimate of drug-likeness (QED) is 0.722. The van der Waals surface area contributed by atoms with Crippen molar-refractivity contribution in [3.63, 3.8) is 0 Å². The SMILES string of the molecule is CC(Oc1ccc(F)cc1)C(=O)N1CCc2c(nc(-c3cnccn3)[nH]c2=O)C1. The molecule has 1 aliphatic heterocycles.